The Morgan fingerprint density at radius 2 is 2.15 bits per heavy atom. The minimum atomic E-state index is -0.465. The average Bonchev–Trinajstić information content (AvgIpc) is 3.30. The minimum Gasteiger partial charge on any atom is -0.466 e. The number of hydrogen-bond acceptors (Lipinski definition) is 6. The fourth-order valence-corrected chi connectivity index (χ4v) is 3.61. The Labute approximate surface area is 151 Å². The lowest BCUT2D eigenvalue weighted by molar-refractivity contribution is -0.249. The van der Waals surface area contributed by atoms with Gasteiger partial charge in [-0.15, -0.1) is 0 Å². The van der Waals surface area contributed by atoms with E-state index >= 15 is 0 Å². The molecule has 138 valence electrons. The maximum absolute atomic E-state index is 12.2. The summed E-state index contributed by atoms with van der Waals surface area (Å²) in [4.78, 5) is 16.2. The Morgan fingerprint density at radius 3 is 2.88 bits per heavy atom. The summed E-state index contributed by atoms with van der Waals surface area (Å²) in [5.41, 5.74) is 0.951. The van der Waals surface area contributed by atoms with Crippen LogP contribution in [-0.2, 0) is 23.7 Å². The second-order valence-corrected chi connectivity index (χ2v) is 6.42. The molecule has 0 N–H and O–H groups in total. The van der Waals surface area contributed by atoms with Gasteiger partial charge >= 0.3 is 5.97 Å². The van der Waals surface area contributed by atoms with Gasteiger partial charge in [-0.2, -0.15) is 0 Å². The Bertz CT molecular complexity index is 721. The number of benzene rings is 1. The maximum atomic E-state index is 12.2. The minimum absolute atomic E-state index is 0.177. The summed E-state index contributed by atoms with van der Waals surface area (Å²) in [6.07, 6.45) is 4.14. The van der Waals surface area contributed by atoms with E-state index in [1.54, 1.807) is 19.4 Å². The third-order valence-corrected chi connectivity index (χ3v) is 4.76. The Balaban J connectivity index is 1.56. The van der Waals surface area contributed by atoms with Crippen LogP contribution in [0.25, 0.3) is 0 Å². The van der Waals surface area contributed by atoms with Gasteiger partial charge in [0.1, 0.15) is 12.3 Å². The Morgan fingerprint density at radius 1 is 1.31 bits per heavy atom. The third kappa shape index (κ3) is 3.38. The van der Waals surface area contributed by atoms with Crippen LogP contribution in [0.5, 0.6) is 0 Å². The summed E-state index contributed by atoms with van der Waals surface area (Å²) in [7, 11) is 0. The van der Waals surface area contributed by atoms with E-state index in [4.69, 9.17) is 18.9 Å². The smallest absolute Gasteiger partial charge is 0.306 e. The van der Waals surface area contributed by atoms with Gasteiger partial charge in [0.25, 0.3) is 0 Å². The molecule has 7 heteroatoms. The van der Waals surface area contributed by atoms with Crippen LogP contribution in [-0.4, -0.2) is 40.9 Å². The number of ether oxygens (including phenoxy) is 4. The standard InChI is InChI=1S/C19H22N2O5/c1-2-23-16(22)10-14-17-15(25-18(14)21-9-8-20-12-21)11-24-19(26-17)13-6-4-3-5-7-13/h3-9,12,14-15,17-19H,2,10-11H2,1H3/t14-,15+,17-,18-,19?/m0/s1. The van der Waals surface area contributed by atoms with Gasteiger partial charge in [-0.1, -0.05) is 30.3 Å². The van der Waals surface area contributed by atoms with Crippen molar-refractivity contribution in [3.05, 3.63) is 54.6 Å². The van der Waals surface area contributed by atoms with E-state index in [9.17, 15) is 4.79 Å². The highest BCUT2D eigenvalue weighted by Crippen LogP contribution is 2.44. The van der Waals surface area contributed by atoms with Crippen molar-refractivity contribution in [2.24, 2.45) is 5.92 Å². The van der Waals surface area contributed by atoms with E-state index in [1.165, 1.54) is 0 Å². The number of nitrogens with zero attached hydrogens (tertiary/aromatic N) is 2. The van der Waals surface area contributed by atoms with Crippen molar-refractivity contribution in [1.82, 2.24) is 9.55 Å². The number of hydrogen-bond donors (Lipinski definition) is 0. The summed E-state index contributed by atoms with van der Waals surface area (Å²) in [6, 6.07) is 9.78. The van der Waals surface area contributed by atoms with Gasteiger partial charge in [0.05, 0.1) is 32.1 Å². The van der Waals surface area contributed by atoms with Crippen LogP contribution >= 0.6 is 0 Å². The number of esters is 1. The zero-order valence-electron chi connectivity index (χ0n) is 14.6. The van der Waals surface area contributed by atoms with Crippen LogP contribution in [0.3, 0.4) is 0 Å². The summed E-state index contributed by atoms with van der Waals surface area (Å²) in [5.74, 6) is -0.429. The van der Waals surface area contributed by atoms with E-state index < -0.39 is 6.29 Å². The van der Waals surface area contributed by atoms with Crippen molar-refractivity contribution in [2.75, 3.05) is 13.2 Å². The molecule has 0 bridgehead atoms. The number of aromatic nitrogens is 2. The lowest BCUT2D eigenvalue weighted by atomic mass is 9.95. The zero-order valence-corrected chi connectivity index (χ0v) is 14.6. The maximum Gasteiger partial charge on any atom is 0.306 e. The van der Waals surface area contributed by atoms with Crippen molar-refractivity contribution < 1.29 is 23.7 Å². The second kappa shape index (κ2) is 7.57. The molecule has 1 aromatic carbocycles. The normalized spacial score (nSPS) is 30.7. The van der Waals surface area contributed by atoms with Crippen molar-refractivity contribution >= 4 is 5.97 Å². The molecule has 0 amide bonds. The molecule has 3 heterocycles. The fourth-order valence-electron chi connectivity index (χ4n) is 3.61. The quantitative estimate of drug-likeness (QED) is 0.765. The van der Waals surface area contributed by atoms with Crippen molar-refractivity contribution in [3.8, 4) is 0 Å². The van der Waals surface area contributed by atoms with E-state index in [0.717, 1.165) is 5.56 Å². The molecule has 0 radical (unpaired) electrons. The van der Waals surface area contributed by atoms with Crippen LogP contribution in [0.15, 0.2) is 49.1 Å². The van der Waals surface area contributed by atoms with E-state index in [0.29, 0.717) is 13.2 Å². The van der Waals surface area contributed by atoms with Crippen molar-refractivity contribution in [1.29, 1.82) is 0 Å². The first-order valence-electron chi connectivity index (χ1n) is 8.86. The van der Waals surface area contributed by atoms with Gasteiger partial charge in [-0.25, -0.2) is 4.98 Å². The van der Waals surface area contributed by atoms with E-state index in [1.807, 2.05) is 41.1 Å². The first-order valence-corrected chi connectivity index (χ1v) is 8.86. The largest absolute Gasteiger partial charge is 0.466 e. The molecule has 2 aliphatic rings. The molecule has 1 unspecified atom stereocenters. The molecule has 5 atom stereocenters. The van der Waals surface area contributed by atoms with Crippen molar-refractivity contribution in [3.63, 3.8) is 0 Å². The summed E-state index contributed by atoms with van der Waals surface area (Å²) >= 11 is 0. The highest BCUT2D eigenvalue weighted by Gasteiger charge is 2.50. The van der Waals surface area contributed by atoms with E-state index in [-0.39, 0.29) is 36.7 Å². The molecular weight excluding hydrogens is 336 g/mol. The highest BCUT2D eigenvalue weighted by molar-refractivity contribution is 5.69. The molecule has 2 saturated heterocycles. The zero-order chi connectivity index (χ0) is 17.9. The molecule has 0 aliphatic carbocycles. The lowest BCUT2D eigenvalue weighted by Crippen LogP contribution is -2.41. The molecule has 0 spiro atoms. The molecule has 4 rings (SSSR count). The average molecular weight is 358 g/mol. The van der Waals surface area contributed by atoms with Gasteiger partial charge < -0.3 is 23.5 Å². The van der Waals surface area contributed by atoms with Crippen LogP contribution in [0.2, 0.25) is 0 Å². The number of imidazole rings is 1. The Kier molecular flexibility index (Phi) is 5.01. The molecule has 7 nitrogen and oxygen atoms in total. The molecule has 2 fully saturated rings. The Hall–Kier alpha value is -2.22. The number of rotatable bonds is 5. The van der Waals surface area contributed by atoms with Gasteiger partial charge in [-0.3, -0.25) is 4.79 Å². The predicted octanol–water partition coefficient (Wildman–Crippen LogP) is 2.46. The monoisotopic (exact) mass is 358 g/mol. The molecule has 26 heavy (non-hydrogen) atoms. The van der Waals surface area contributed by atoms with E-state index in [2.05, 4.69) is 4.98 Å². The topological polar surface area (TPSA) is 71.8 Å². The number of fused-ring (bicyclic) bond motifs is 1. The summed E-state index contributed by atoms with van der Waals surface area (Å²) in [5, 5.41) is 0. The fraction of sp³-hybridized carbons (Fsp3) is 0.474. The second-order valence-electron chi connectivity index (χ2n) is 6.42. The molecule has 1 aromatic heterocycles. The predicted molar refractivity (Wildman–Crippen MR) is 90.9 cm³/mol. The van der Waals surface area contributed by atoms with Crippen molar-refractivity contribution in [2.45, 2.75) is 38.1 Å². The lowest BCUT2D eigenvalue weighted by Gasteiger charge is -2.33. The molecule has 0 saturated carbocycles. The summed E-state index contributed by atoms with van der Waals surface area (Å²) in [6.45, 7) is 2.57. The third-order valence-electron chi connectivity index (χ3n) is 4.76. The number of carbonyl (C=O) groups is 1. The molecular formula is C19H22N2O5. The van der Waals surface area contributed by atoms with Crippen LogP contribution in [0, 0.1) is 5.92 Å². The van der Waals surface area contributed by atoms with Crippen LogP contribution in [0.4, 0.5) is 0 Å². The van der Waals surface area contributed by atoms with Crippen LogP contribution in [0.1, 0.15) is 31.4 Å². The molecule has 2 aliphatic heterocycles. The first-order chi connectivity index (χ1) is 12.8. The van der Waals surface area contributed by atoms with Gasteiger partial charge in [0, 0.05) is 23.9 Å². The summed E-state index contributed by atoms with van der Waals surface area (Å²) < 4.78 is 25.3. The molecule has 2 aromatic rings. The van der Waals surface area contributed by atoms with Gasteiger partial charge in [0.15, 0.2) is 6.29 Å². The van der Waals surface area contributed by atoms with Gasteiger partial charge in [-0.05, 0) is 6.92 Å². The highest BCUT2D eigenvalue weighted by atomic mass is 16.7. The number of carbonyl (C=O) groups excluding carboxylic acids is 1. The SMILES string of the molecule is CCOC(=O)C[C@H]1[C@@H]2OC(c3ccccc3)OC[C@H]2O[C@@H]1n1ccnc1. The van der Waals surface area contributed by atoms with Gasteiger partial charge in [0.2, 0.25) is 0 Å². The van der Waals surface area contributed by atoms with Crippen LogP contribution < -0.4 is 0 Å². The first kappa shape index (κ1) is 17.2.